The van der Waals surface area contributed by atoms with E-state index in [1.54, 1.807) is 54.6 Å². The predicted molar refractivity (Wildman–Crippen MR) is 144 cm³/mol. The third-order valence-electron chi connectivity index (χ3n) is 5.89. The van der Waals surface area contributed by atoms with Crippen LogP contribution in [0, 0.1) is 0 Å². The molecule has 0 fully saturated rings. The van der Waals surface area contributed by atoms with Gasteiger partial charge in [0.25, 0.3) is 5.91 Å². The zero-order valence-corrected chi connectivity index (χ0v) is 21.3. The van der Waals surface area contributed by atoms with E-state index in [0.29, 0.717) is 53.1 Å². The molecule has 10 nitrogen and oxygen atoms in total. The van der Waals surface area contributed by atoms with E-state index >= 15 is 0 Å². The van der Waals surface area contributed by atoms with Crippen LogP contribution in [0.15, 0.2) is 82.9 Å². The molecule has 1 atom stereocenters. The number of nitrogens with one attached hydrogen (secondary N) is 2. The van der Waals surface area contributed by atoms with Crippen LogP contribution in [0.2, 0.25) is 5.02 Å². The normalized spacial score (nSPS) is 16.2. The van der Waals surface area contributed by atoms with Crippen LogP contribution in [-0.2, 0) is 22.5 Å². The SMILES string of the molecule is [N-]=[N+]=Nc1ccccc1C[C@@]1(C(=O)NNCc2ccc(Cl)cc2)COC(c2ccc(OCCCO)cc2)=N1. The average molecular weight is 535 g/mol. The zero-order valence-electron chi connectivity index (χ0n) is 20.5. The molecular formula is C27H27ClN6O4. The molecule has 11 heteroatoms. The summed E-state index contributed by atoms with van der Waals surface area (Å²) in [4.78, 5) is 21.2. The van der Waals surface area contributed by atoms with Crippen molar-refractivity contribution in [2.75, 3.05) is 19.8 Å². The van der Waals surface area contributed by atoms with Crippen LogP contribution in [0.4, 0.5) is 5.69 Å². The molecular weight excluding hydrogens is 508 g/mol. The van der Waals surface area contributed by atoms with Gasteiger partial charge in [-0.25, -0.2) is 10.4 Å². The molecule has 4 rings (SSSR count). The molecule has 0 saturated carbocycles. The van der Waals surface area contributed by atoms with Crippen molar-refractivity contribution in [1.29, 1.82) is 0 Å². The molecule has 196 valence electrons. The lowest BCUT2D eigenvalue weighted by molar-refractivity contribution is -0.127. The standard InChI is InChI=1S/C27H27ClN6O4/c28-22-10-6-19(7-11-22)17-30-33-26(36)27(16-21-4-1-2-5-24(21)32-34-29)18-38-25(31-27)20-8-12-23(13-9-20)37-15-3-14-35/h1-2,4-13,30,35H,3,14-18H2,(H,33,36)/t27-/m0/s1. The number of rotatable bonds is 12. The fourth-order valence-electron chi connectivity index (χ4n) is 3.90. The van der Waals surface area contributed by atoms with Crippen molar-refractivity contribution in [1.82, 2.24) is 10.9 Å². The molecule has 0 saturated heterocycles. The first-order chi connectivity index (χ1) is 18.5. The minimum absolute atomic E-state index is 0.00382. The molecule has 3 aromatic carbocycles. The van der Waals surface area contributed by atoms with Crippen molar-refractivity contribution in [2.24, 2.45) is 10.1 Å². The Bertz CT molecular complexity index is 1330. The van der Waals surface area contributed by atoms with Crippen molar-refractivity contribution < 1.29 is 19.4 Å². The van der Waals surface area contributed by atoms with E-state index in [1.165, 1.54) is 0 Å². The number of nitrogens with zero attached hydrogens (tertiary/aromatic N) is 4. The van der Waals surface area contributed by atoms with Gasteiger partial charge in [0.15, 0.2) is 5.54 Å². The van der Waals surface area contributed by atoms with Crippen molar-refractivity contribution in [3.63, 3.8) is 0 Å². The molecule has 1 heterocycles. The molecule has 0 spiro atoms. The van der Waals surface area contributed by atoms with Gasteiger partial charge in [-0.3, -0.25) is 10.2 Å². The maximum absolute atomic E-state index is 13.5. The van der Waals surface area contributed by atoms with Crippen LogP contribution in [0.25, 0.3) is 10.4 Å². The Morgan fingerprint density at radius 3 is 2.66 bits per heavy atom. The second kappa shape index (κ2) is 12.9. The lowest BCUT2D eigenvalue weighted by Crippen LogP contribution is -2.52. The van der Waals surface area contributed by atoms with E-state index in [2.05, 4.69) is 20.9 Å². The van der Waals surface area contributed by atoms with Gasteiger partial charge in [0, 0.05) is 47.2 Å². The second-order valence-electron chi connectivity index (χ2n) is 8.62. The molecule has 0 radical (unpaired) electrons. The van der Waals surface area contributed by atoms with E-state index in [-0.39, 0.29) is 25.5 Å². The van der Waals surface area contributed by atoms with Crippen molar-refractivity contribution in [2.45, 2.75) is 24.9 Å². The summed E-state index contributed by atoms with van der Waals surface area (Å²) in [5, 5.41) is 13.3. The number of hydrazine groups is 1. The molecule has 3 aromatic rings. The number of hydrogen-bond donors (Lipinski definition) is 3. The Morgan fingerprint density at radius 2 is 1.92 bits per heavy atom. The minimum Gasteiger partial charge on any atom is -0.494 e. The van der Waals surface area contributed by atoms with Crippen LogP contribution in [-0.4, -0.2) is 42.3 Å². The first-order valence-corrected chi connectivity index (χ1v) is 12.4. The minimum atomic E-state index is -1.31. The second-order valence-corrected chi connectivity index (χ2v) is 9.05. The molecule has 0 unspecified atom stereocenters. The summed E-state index contributed by atoms with van der Waals surface area (Å²) in [5.74, 6) is 0.585. The lowest BCUT2D eigenvalue weighted by Gasteiger charge is -2.24. The summed E-state index contributed by atoms with van der Waals surface area (Å²) in [6, 6.07) is 21.5. The van der Waals surface area contributed by atoms with E-state index in [0.717, 1.165) is 5.56 Å². The van der Waals surface area contributed by atoms with Crippen LogP contribution in [0.3, 0.4) is 0 Å². The number of azide groups is 1. The average Bonchev–Trinajstić information content (AvgIpc) is 3.37. The first-order valence-electron chi connectivity index (χ1n) is 12.0. The van der Waals surface area contributed by atoms with Gasteiger partial charge in [-0.05, 0) is 53.1 Å². The van der Waals surface area contributed by atoms with Gasteiger partial charge < -0.3 is 14.6 Å². The Morgan fingerprint density at radius 1 is 1.16 bits per heavy atom. The number of halogens is 1. The maximum atomic E-state index is 13.5. The third-order valence-corrected chi connectivity index (χ3v) is 6.14. The highest BCUT2D eigenvalue weighted by molar-refractivity contribution is 6.30. The number of carbonyl (C=O) groups excluding carboxylic acids is 1. The quantitative estimate of drug-likeness (QED) is 0.102. The molecule has 3 N–H and O–H groups in total. The Hall–Kier alpha value is -4.08. The molecule has 1 amide bonds. The number of hydrogen-bond acceptors (Lipinski definition) is 7. The van der Waals surface area contributed by atoms with Crippen molar-refractivity contribution in [3.05, 3.63) is 105 Å². The van der Waals surface area contributed by atoms with Crippen LogP contribution >= 0.6 is 11.6 Å². The highest BCUT2D eigenvalue weighted by atomic mass is 35.5. The summed E-state index contributed by atoms with van der Waals surface area (Å²) in [6.07, 6.45) is 0.696. The van der Waals surface area contributed by atoms with E-state index in [1.807, 2.05) is 18.2 Å². The fraction of sp³-hybridized carbons (Fsp3) is 0.259. The molecule has 0 aromatic heterocycles. The first kappa shape index (κ1) is 27.0. The van der Waals surface area contributed by atoms with E-state index in [9.17, 15) is 4.79 Å². The van der Waals surface area contributed by atoms with Gasteiger partial charge in [0.2, 0.25) is 5.90 Å². The van der Waals surface area contributed by atoms with Crippen molar-refractivity contribution in [3.8, 4) is 5.75 Å². The molecule has 1 aliphatic rings. The largest absolute Gasteiger partial charge is 0.494 e. The number of aliphatic hydroxyl groups excluding tert-OH is 1. The Kier molecular flexibility index (Phi) is 9.18. The number of amides is 1. The molecule has 1 aliphatic heterocycles. The van der Waals surface area contributed by atoms with Gasteiger partial charge in [0.1, 0.15) is 12.4 Å². The number of benzene rings is 3. The third kappa shape index (κ3) is 6.81. The Balaban J connectivity index is 1.56. The number of carbonyl (C=O) groups is 1. The van der Waals surface area contributed by atoms with Crippen LogP contribution in [0.1, 0.15) is 23.1 Å². The van der Waals surface area contributed by atoms with Crippen LogP contribution < -0.4 is 15.6 Å². The van der Waals surface area contributed by atoms with E-state index < -0.39 is 5.54 Å². The van der Waals surface area contributed by atoms with Gasteiger partial charge in [-0.1, -0.05) is 53.1 Å². The summed E-state index contributed by atoms with van der Waals surface area (Å²) < 4.78 is 11.5. The predicted octanol–water partition coefficient (Wildman–Crippen LogP) is 4.62. The van der Waals surface area contributed by atoms with Crippen LogP contribution in [0.5, 0.6) is 5.75 Å². The van der Waals surface area contributed by atoms with Gasteiger partial charge in [-0.2, -0.15) is 0 Å². The van der Waals surface area contributed by atoms with Crippen molar-refractivity contribution >= 4 is 29.1 Å². The Labute approximate surface area is 224 Å². The zero-order chi connectivity index (χ0) is 26.8. The summed E-state index contributed by atoms with van der Waals surface area (Å²) in [7, 11) is 0. The summed E-state index contributed by atoms with van der Waals surface area (Å²) >= 11 is 5.95. The summed E-state index contributed by atoms with van der Waals surface area (Å²) in [6.45, 7) is 0.841. The van der Waals surface area contributed by atoms with Gasteiger partial charge in [-0.15, -0.1) is 0 Å². The molecule has 0 aliphatic carbocycles. The monoisotopic (exact) mass is 534 g/mol. The number of aliphatic hydroxyl groups is 1. The van der Waals surface area contributed by atoms with E-state index in [4.69, 9.17) is 36.7 Å². The van der Waals surface area contributed by atoms with Gasteiger partial charge in [0.05, 0.1) is 6.61 Å². The molecule has 0 bridgehead atoms. The molecule has 38 heavy (non-hydrogen) atoms. The smallest absolute Gasteiger partial charge is 0.266 e. The maximum Gasteiger partial charge on any atom is 0.266 e. The highest BCUT2D eigenvalue weighted by Gasteiger charge is 2.45. The fourth-order valence-corrected chi connectivity index (χ4v) is 4.02. The lowest BCUT2D eigenvalue weighted by atomic mass is 9.91. The summed E-state index contributed by atoms with van der Waals surface area (Å²) in [5.41, 5.74) is 16.1. The highest BCUT2D eigenvalue weighted by Crippen LogP contribution is 2.31. The van der Waals surface area contributed by atoms with Gasteiger partial charge >= 0.3 is 0 Å². The number of ether oxygens (including phenoxy) is 2. The number of aliphatic imine (C=N–C) groups is 1. The topological polar surface area (TPSA) is 141 Å².